The number of hydrogen-bond donors (Lipinski definition) is 1. The molecule has 0 radical (unpaired) electrons. The van der Waals surface area contributed by atoms with Gasteiger partial charge in [-0.1, -0.05) is 18.2 Å². The first-order valence-electron chi connectivity index (χ1n) is 4.02. The van der Waals surface area contributed by atoms with Crippen molar-refractivity contribution in [2.45, 2.75) is 13.8 Å². The Morgan fingerprint density at radius 2 is 2.15 bits per heavy atom. The zero-order valence-corrected chi connectivity index (χ0v) is 8.60. The summed E-state index contributed by atoms with van der Waals surface area (Å²) >= 11 is 5.54. The number of nitrogens with zero attached hydrogens (tertiary/aromatic N) is 1. The molecule has 0 saturated heterocycles. The Hall–Kier alpha value is -1.02. The average molecular weight is 197 g/mol. The van der Waals surface area contributed by atoms with E-state index in [2.05, 4.69) is 11.6 Å². The van der Waals surface area contributed by atoms with Crippen molar-refractivity contribution in [3.05, 3.63) is 35.5 Å². The van der Waals surface area contributed by atoms with Crippen LogP contribution in [0.15, 0.2) is 40.5 Å². The maximum atomic E-state index is 5.78. The molecular weight excluding hydrogens is 184 g/mol. The van der Waals surface area contributed by atoms with Gasteiger partial charge in [-0.15, -0.1) is 0 Å². The molecular formula is C10H13ClN2. The molecule has 1 aliphatic rings. The molecule has 0 amide bonds. The third-order valence-electron chi connectivity index (χ3n) is 2.25. The van der Waals surface area contributed by atoms with Crippen LogP contribution in [0.5, 0.6) is 0 Å². The fourth-order valence-electron chi connectivity index (χ4n) is 1.30. The molecule has 0 aromatic carbocycles. The predicted octanol–water partition coefficient (Wildman–Crippen LogP) is 2.58. The number of hydrogen-bond acceptors (Lipinski definition) is 2. The Balaban J connectivity index is 3.22. The summed E-state index contributed by atoms with van der Waals surface area (Å²) in [5, 5.41) is 0. The van der Waals surface area contributed by atoms with Crippen LogP contribution < -0.4 is 5.73 Å². The minimum atomic E-state index is -0.241. The van der Waals surface area contributed by atoms with Gasteiger partial charge in [0, 0.05) is 11.0 Å². The first-order chi connectivity index (χ1) is 6.04. The molecule has 0 unspecified atom stereocenters. The van der Waals surface area contributed by atoms with E-state index in [1.165, 1.54) is 5.54 Å². The third-order valence-corrected chi connectivity index (χ3v) is 2.38. The summed E-state index contributed by atoms with van der Waals surface area (Å²) < 4.78 is 0. The molecule has 13 heavy (non-hydrogen) atoms. The zero-order valence-electron chi connectivity index (χ0n) is 7.84. The van der Waals surface area contributed by atoms with Gasteiger partial charge in [-0.3, -0.25) is 0 Å². The molecule has 3 heteroatoms. The molecule has 0 bridgehead atoms. The topological polar surface area (TPSA) is 38.4 Å². The van der Waals surface area contributed by atoms with Gasteiger partial charge in [0.1, 0.15) is 5.84 Å². The fourth-order valence-corrected chi connectivity index (χ4v) is 1.43. The van der Waals surface area contributed by atoms with Gasteiger partial charge < -0.3 is 5.73 Å². The molecule has 1 heterocycles. The number of aliphatic imine (C=N–C) groups is 1. The minimum Gasteiger partial charge on any atom is -0.386 e. The third kappa shape index (κ3) is 1.54. The van der Waals surface area contributed by atoms with Crippen LogP contribution in [0.1, 0.15) is 13.8 Å². The van der Waals surface area contributed by atoms with Crippen LogP contribution in [0.3, 0.4) is 0 Å². The van der Waals surface area contributed by atoms with Crippen molar-refractivity contribution in [3.8, 4) is 0 Å². The highest BCUT2D eigenvalue weighted by atomic mass is 35.5. The van der Waals surface area contributed by atoms with Gasteiger partial charge in [0.05, 0.1) is 5.70 Å². The monoisotopic (exact) mass is 196 g/mol. The van der Waals surface area contributed by atoms with Gasteiger partial charge in [0.15, 0.2) is 0 Å². The van der Waals surface area contributed by atoms with Crippen LogP contribution in [0.4, 0.5) is 0 Å². The summed E-state index contributed by atoms with van der Waals surface area (Å²) in [6.45, 7) is 7.69. The molecule has 0 spiro atoms. The second-order valence-corrected chi connectivity index (χ2v) is 3.67. The second-order valence-electron chi connectivity index (χ2n) is 3.42. The molecule has 1 rings (SSSR count). The van der Waals surface area contributed by atoms with Gasteiger partial charge in [-0.2, -0.15) is 0 Å². The van der Waals surface area contributed by atoms with Crippen molar-refractivity contribution < 1.29 is 0 Å². The second kappa shape index (κ2) is 3.38. The van der Waals surface area contributed by atoms with E-state index in [9.17, 15) is 0 Å². The standard InChI is InChI=1S/C10H13ClN2/c1-4-8-7(5-6-11)10(2,3)9(12)13-8/h4-6H,1H2,2-3H3,(H2,12,13)/b6-5+. The van der Waals surface area contributed by atoms with E-state index in [-0.39, 0.29) is 5.41 Å². The van der Waals surface area contributed by atoms with Gasteiger partial charge in [0.2, 0.25) is 0 Å². The lowest BCUT2D eigenvalue weighted by Crippen LogP contribution is -2.29. The fraction of sp³-hybridized carbons (Fsp3) is 0.300. The highest BCUT2D eigenvalue weighted by Crippen LogP contribution is 2.36. The van der Waals surface area contributed by atoms with Gasteiger partial charge in [0.25, 0.3) is 0 Å². The minimum absolute atomic E-state index is 0.241. The van der Waals surface area contributed by atoms with E-state index in [0.29, 0.717) is 5.84 Å². The summed E-state index contributed by atoms with van der Waals surface area (Å²) in [4.78, 5) is 4.21. The van der Waals surface area contributed by atoms with E-state index in [1.54, 1.807) is 6.08 Å². The Morgan fingerprint density at radius 1 is 1.54 bits per heavy atom. The normalized spacial score (nSPS) is 21.0. The summed E-state index contributed by atoms with van der Waals surface area (Å²) in [7, 11) is 0. The molecule has 0 aliphatic carbocycles. The highest BCUT2D eigenvalue weighted by Gasteiger charge is 2.33. The lowest BCUT2D eigenvalue weighted by Gasteiger charge is -2.20. The molecule has 1 aliphatic heterocycles. The highest BCUT2D eigenvalue weighted by molar-refractivity contribution is 6.25. The molecule has 70 valence electrons. The van der Waals surface area contributed by atoms with E-state index in [0.717, 1.165) is 11.3 Å². The first kappa shape index (κ1) is 10.1. The van der Waals surface area contributed by atoms with E-state index in [4.69, 9.17) is 17.3 Å². The van der Waals surface area contributed by atoms with Crippen LogP contribution in [-0.4, -0.2) is 5.84 Å². The quantitative estimate of drug-likeness (QED) is 0.725. The number of amidine groups is 1. The maximum absolute atomic E-state index is 5.78. The number of rotatable bonds is 2. The number of nitrogens with two attached hydrogens (primary N) is 1. The van der Waals surface area contributed by atoms with Gasteiger partial charge in [-0.05, 0) is 31.6 Å². The average Bonchev–Trinajstić information content (AvgIpc) is 2.29. The first-order valence-corrected chi connectivity index (χ1v) is 4.46. The SMILES string of the molecule is C=CC1=C(/C=C/Cl)C(C)(C)C(N)=N1. The molecule has 2 N–H and O–H groups in total. The summed E-state index contributed by atoms with van der Waals surface area (Å²) in [5.41, 5.74) is 8.82. The molecule has 0 fully saturated rings. The lowest BCUT2D eigenvalue weighted by atomic mass is 9.84. The van der Waals surface area contributed by atoms with E-state index in [1.807, 2.05) is 19.9 Å². The van der Waals surface area contributed by atoms with Crippen molar-refractivity contribution in [2.75, 3.05) is 0 Å². The Morgan fingerprint density at radius 3 is 2.62 bits per heavy atom. The van der Waals surface area contributed by atoms with Crippen molar-refractivity contribution in [2.24, 2.45) is 16.1 Å². The van der Waals surface area contributed by atoms with Crippen molar-refractivity contribution in [1.82, 2.24) is 0 Å². The zero-order chi connectivity index (χ0) is 10.1. The summed E-state index contributed by atoms with van der Waals surface area (Å²) in [5.74, 6) is 0.604. The van der Waals surface area contributed by atoms with Crippen LogP contribution in [0.25, 0.3) is 0 Å². The van der Waals surface area contributed by atoms with Crippen molar-refractivity contribution >= 4 is 17.4 Å². The molecule has 0 atom stereocenters. The molecule has 0 saturated carbocycles. The van der Waals surface area contributed by atoms with E-state index < -0.39 is 0 Å². The van der Waals surface area contributed by atoms with Gasteiger partial charge >= 0.3 is 0 Å². The number of allylic oxidation sites excluding steroid dienone is 2. The largest absolute Gasteiger partial charge is 0.386 e. The predicted molar refractivity (Wildman–Crippen MR) is 57.6 cm³/mol. The Bertz CT molecular complexity index is 322. The Kier molecular flexibility index (Phi) is 2.62. The van der Waals surface area contributed by atoms with E-state index >= 15 is 0 Å². The summed E-state index contributed by atoms with van der Waals surface area (Å²) in [6, 6.07) is 0. The van der Waals surface area contributed by atoms with Crippen LogP contribution in [0, 0.1) is 5.41 Å². The molecule has 0 aromatic rings. The molecule has 0 aromatic heterocycles. The summed E-state index contributed by atoms with van der Waals surface area (Å²) in [6.07, 6.45) is 3.50. The van der Waals surface area contributed by atoms with Crippen molar-refractivity contribution in [3.63, 3.8) is 0 Å². The number of halogens is 1. The smallest absolute Gasteiger partial charge is 0.110 e. The van der Waals surface area contributed by atoms with Crippen LogP contribution in [-0.2, 0) is 0 Å². The Labute approximate surface area is 83.5 Å². The maximum Gasteiger partial charge on any atom is 0.110 e. The van der Waals surface area contributed by atoms with Crippen LogP contribution in [0.2, 0.25) is 0 Å². The van der Waals surface area contributed by atoms with Crippen LogP contribution >= 0.6 is 11.6 Å². The van der Waals surface area contributed by atoms with Crippen molar-refractivity contribution in [1.29, 1.82) is 0 Å². The van der Waals surface area contributed by atoms with Gasteiger partial charge in [-0.25, -0.2) is 4.99 Å². The molecule has 2 nitrogen and oxygen atoms in total. The lowest BCUT2D eigenvalue weighted by molar-refractivity contribution is 0.649.